The first-order chi connectivity index (χ1) is 9.15. The van der Waals surface area contributed by atoms with Gasteiger partial charge in [0.25, 0.3) is 0 Å². The van der Waals surface area contributed by atoms with E-state index in [-0.39, 0.29) is 5.56 Å². The minimum atomic E-state index is -1.01. The summed E-state index contributed by atoms with van der Waals surface area (Å²) in [4.78, 5) is 15.4. The highest BCUT2D eigenvalue weighted by Crippen LogP contribution is 2.27. The molecule has 5 heteroatoms. The van der Waals surface area contributed by atoms with Crippen LogP contribution in [0.3, 0.4) is 0 Å². The molecular weight excluding hydrogens is 310 g/mol. The topological polar surface area (TPSA) is 63.3 Å². The van der Waals surface area contributed by atoms with Gasteiger partial charge in [-0.05, 0) is 30.3 Å². The molecule has 3 rings (SSSR count). The molecule has 1 aromatic heterocycles. The Kier molecular flexibility index (Phi) is 2.83. The summed E-state index contributed by atoms with van der Waals surface area (Å²) in [6.07, 6.45) is 0. The average Bonchev–Trinajstić information content (AvgIpc) is 2.82. The molecule has 0 unspecified atom stereocenters. The molecule has 1 heterocycles. The molecule has 3 aromatic rings. The number of oxazole rings is 1. The van der Waals surface area contributed by atoms with Gasteiger partial charge in [-0.1, -0.05) is 28.1 Å². The number of nitrogens with zero attached hydrogens (tertiary/aromatic N) is 1. The minimum Gasteiger partial charge on any atom is -0.478 e. The Bertz CT molecular complexity index is 779. The zero-order valence-corrected chi connectivity index (χ0v) is 11.2. The fourth-order valence-corrected chi connectivity index (χ4v) is 2.27. The zero-order chi connectivity index (χ0) is 13.4. The number of aromatic carboxylic acids is 1. The van der Waals surface area contributed by atoms with Crippen LogP contribution in [0.1, 0.15) is 10.4 Å². The summed E-state index contributed by atoms with van der Waals surface area (Å²) >= 11 is 3.38. The number of aromatic nitrogens is 1. The third-order valence-electron chi connectivity index (χ3n) is 2.72. The van der Waals surface area contributed by atoms with Gasteiger partial charge in [0.15, 0.2) is 5.58 Å². The van der Waals surface area contributed by atoms with Crippen molar-refractivity contribution < 1.29 is 14.3 Å². The molecule has 0 bridgehead atoms. The summed E-state index contributed by atoms with van der Waals surface area (Å²) in [6, 6.07) is 12.3. The Morgan fingerprint density at radius 2 is 2.00 bits per heavy atom. The maximum Gasteiger partial charge on any atom is 0.338 e. The van der Waals surface area contributed by atoms with Crippen LogP contribution in [0.5, 0.6) is 0 Å². The molecule has 0 saturated heterocycles. The lowest BCUT2D eigenvalue weighted by Gasteiger charge is -1.94. The molecule has 0 saturated carbocycles. The van der Waals surface area contributed by atoms with E-state index in [0.717, 1.165) is 10.0 Å². The van der Waals surface area contributed by atoms with Gasteiger partial charge >= 0.3 is 5.97 Å². The van der Waals surface area contributed by atoms with Gasteiger partial charge in [0.1, 0.15) is 5.52 Å². The number of rotatable bonds is 2. The van der Waals surface area contributed by atoms with Crippen LogP contribution in [0.4, 0.5) is 0 Å². The van der Waals surface area contributed by atoms with Crippen molar-refractivity contribution in [2.45, 2.75) is 0 Å². The maximum atomic E-state index is 11.1. The monoisotopic (exact) mass is 317 g/mol. The molecule has 0 spiro atoms. The van der Waals surface area contributed by atoms with Crippen molar-refractivity contribution >= 4 is 33.0 Å². The van der Waals surface area contributed by atoms with E-state index in [1.807, 2.05) is 24.3 Å². The van der Waals surface area contributed by atoms with Crippen LogP contribution in [0.25, 0.3) is 22.6 Å². The predicted octanol–water partition coefficient (Wildman–Crippen LogP) is 3.96. The van der Waals surface area contributed by atoms with Gasteiger partial charge in [0, 0.05) is 10.0 Å². The van der Waals surface area contributed by atoms with E-state index >= 15 is 0 Å². The van der Waals surface area contributed by atoms with E-state index in [4.69, 9.17) is 9.52 Å². The number of halogens is 1. The van der Waals surface area contributed by atoms with Crippen molar-refractivity contribution in [2.24, 2.45) is 0 Å². The second-order valence-corrected chi connectivity index (χ2v) is 4.90. The number of carboxylic acid groups (broad SMARTS) is 1. The molecule has 0 amide bonds. The molecule has 0 fully saturated rings. The minimum absolute atomic E-state index is 0.141. The predicted molar refractivity (Wildman–Crippen MR) is 74.1 cm³/mol. The van der Waals surface area contributed by atoms with E-state index in [1.165, 1.54) is 6.07 Å². The summed E-state index contributed by atoms with van der Waals surface area (Å²) in [5, 5.41) is 9.12. The molecule has 0 aliphatic heterocycles. The summed E-state index contributed by atoms with van der Waals surface area (Å²) in [7, 11) is 0. The van der Waals surface area contributed by atoms with Gasteiger partial charge in [0.05, 0.1) is 5.56 Å². The molecule has 1 N–H and O–H groups in total. The summed E-state index contributed by atoms with van der Waals surface area (Å²) in [5.74, 6) is -0.607. The molecule has 2 aromatic carbocycles. The zero-order valence-electron chi connectivity index (χ0n) is 9.63. The number of carbonyl (C=O) groups is 1. The third-order valence-corrected chi connectivity index (χ3v) is 3.21. The smallest absolute Gasteiger partial charge is 0.338 e. The Morgan fingerprint density at radius 1 is 1.21 bits per heavy atom. The molecule has 0 atom stereocenters. The number of hydrogen-bond acceptors (Lipinski definition) is 3. The van der Waals surface area contributed by atoms with Gasteiger partial charge < -0.3 is 9.52 Å². The van der Waals surface area contributed by atoms with Crippen molar-refractivity contribution in [3.05, 3.63) is 52.5 Å². The van der Waals surface area contributed by atoms with Gasteiger partial charge in [-0.2, -0.15) is 0 Å². The highest BCUT2D eigenvalue weighted by molar-refractivity contribution is 9.10. The van der Waals surface area contributed by atoms with E-state index in [0.29, 0.717) is 17.0 Å². The van der Waals surface area contributed by atoms with Crippen LogP contribution in [0.2, 0.25) is 0 Å². The molecular formula is C14H8BrNO3. The third kappa shape index (κ3) is 2.13. The van der Waals surface area contributed by atoms with Crippen molar-refractivity contribution in [1.82, 2.24) is 4.98 Å². The molecule has 0 aliphatic carbocycles. The SMILES string of the molecule is O=C(O)c1cccc2oc(-c3cccc(Br)c3)nc12. The Labute approximate surface area is 116 Å². The first-order valence-electron chi connectivity index (χ1n) is 5.54. The van der Waals surface area contributed by atoms with Gasteiger partial charge in [-0.25, -0.2) is 9.78 Å². The fraction of sp³-hybridized carbons (Fsp3) is 0. The maximum absolute atomic E-state index is 11.1. The van der Waals surface area contributed by atoms with Crippen LogP contribution in [0.15, 0.2) is 51.4 Å². The van der Waals surface area contributed by atoms with Crippen molar-refractivity contribution in [2.75, 3.05) is 0 Å². The fourth-order valence-electron chi connectivity index (χ4n) is 1.87. The first kappa shape index (κ1) is 11.9. The molecule has 94 valence electrons. The second-order valence-electron chi connectivity index (χ2n) is 3.99. The van der Waals surface area contributed by atoms with Crippen LogP contribution in [-0.2, 0) is 0 Å². The highest BCUT2D eigenvalue weighted by atomic mass is 79.9. The average molecular weight is 318 g/mol. The van der Waals surface area contributed by atoms with E-state index in [1.54, 1.807) is 12.1 Å². The summed E-state index contributed by atoms with van der Waals surface area (Å²) in [5.41, 5.74) is 1.77. The summed E-state index contributed by atoms with van der Waals surface area (Å²) < 4.78 is 6.51. The number of fused-ring (bicyclic) bond motifs is 1. The largest absolute Gasteiger partial charge is 0.478 e. The van der Waals surface area contributed by atoms with Crippen molar-refractivity contribution in [1.29, 1.82) is 0 Å². The molecule has 0 radical (unpaired) electrons. The quantitative estimate of drug-likeness (QED) is 0.777. The van der Waals surface area contributed by atoms with Crippen LogP contribution >= 0.6 is 15.9 Å². The van der Waals surface area contributed by atoms with E-state index < -0.39 is 5.97 Å². The lowest BCUT2D eigenvalue weighted by atomic mass is 10.2. The molecule has 0 aliphatic rings. The van der Waals surface area contributed by atoms with Crippen LogP contribution in [0, 0.1) is 0 Å². The van der Waals surface area contributed by atoms with Gasteiger partial charge in [0.2, 0.25) is 5.89 Å². The Morgan fingerprint density at radius 3 is 2.74 bits per heavy atom. The second kappa shape index (κ2) is 4.51. The van der Waals surface area contributed by atoms with Crippen molar-refractivity contribution in [3.63, 3.8) is 0 Å². The number of para-hydroxylation sites is 1. The molecule has 19 heavy (non-hydrogen) atoms. The standard InChI is InChI=1S/C14H8BrNO3/c15-9-4-1-3-8(7-9)13-16-12-10(14(17)18)5-2-6-11(12)19-13/h1-7H,(H,17,18). The highest BCUT2D eigenvalue weighted by Gasteiger charge is 2.15. The van der Waals surface area contributed by atoms with Crippen LogP contribution < -0.4 is 0 Å². The normalized spacial score (nSPS) is 10.8. The lowest BCUT2D eigenvalue weighted by molar-refractivity contribution is 0.0699. The summed E-state index contributed by atoms with van der Waals surface area (Å²) in [6.45, 7) is 0. The Hall–Kier alpha value is -2.14. The van der Waals surface area contributed by atoms with E-state index in [2.05, 4.69) is 20.9 Å². The van der Waals surface area contributed by atoms with Crippen LogP contribution in [-0.4, -0.2) is 16.1 Å². The lowest BCUT2D eigenvalue weighted by Crippen LogP contribution is -1.96. The number of carboxylic acids is 1. The van der Waals surface area contributed by atoms with Gasteiger partial charge in [-0.3, -0.25) is 0 Å². The first-order valence-corrected chi connectivity index (χ1v) is 6.33. The Balaban J connectivity index is 2.22. The van der Waals surface area contributed by atoms with Crippen molar-refractivity contribution in [3.8, 4) is 11.5 Å². The molecule has 4 nitrogen and oxygen atoms in total. The number of benzene rings is 2. The van der Waals surface area contributed by atoms with Gasteiger partial charge in [-0.15, -0.1) is 0 Å². The number of hydrogen-bond donors (Lipinski definition) is 1. The van der Waals surface area contributed by atoms with E-state index in [9.17, 15) is 4.79 Å².